The number of anilines is 1. The number of nitrogens with one attached hydrogen (secondary N) is 1. The molecule has 0 unspecified atom stereocenters. The Labute approximate surface area is 189 Å². The number of carbonyl (C=O) groups excluding carboxylic acids is 1. The zero-order valence-corrected chi connectivity index (χ0v) is 19.4. The average Bonchev–Trinajstić information content (AvgIpc) is 3.09. The molecule has 0 saturated carbocycles. The van der Waals surface area contributed by atoms with Crippen LogP contribution in [0.4, 0.5) is 5.69 Å². The molecule has 7 heteroatoms. The summed E-state index contributed by atoms with van der Waals surface area (Å²) in [6, 6.07) is 18.5. The second-order valence-corrected chi connectivity index (χ2v) is 10.2. The highest BCUT2D eigenvalue weighted by Crippen LogP contribution is 2.24. The van der Waals surface area contributed by atoms with Crippen molar-refractivity contribution in [1.29, 1.82) is 0 Å². The van der Waals surface area contributed by atoms with Crippen LogP contribution in [-0.2, 0) is 16.6 Å². The van der Waals surface area contributed by atoms with Crippen molar-refractivity contribution in [1.82, 2.24) is 8.87 Å². The number of rotatable bonds is 6. The van der Waals surface area contributed by atoms with Gasteiger partial charge in [0, 0.05) is 36.7 Å². The predicted octanol–water partition coefficient (Wildman–Crippen LogP) is 4.58. The Kier molecular flexibility index (Phi) is 6.48. The zero-order valence-electron chi connectivity index (χ0n) is 18.5. The van der Waals surface area contributed by atoms with Gasteiger partial charge in [0.1, 0.15) is 0 Å². The topological polar surface area (TPSA) is 71.4 Å². The summed E-state index contributed by atoms with van der Waals surface area (Å²) in [6.45, 7) is 5.70. The number of hydrogen-bond acceptors (Lipinski definition) is 3. The minimum Gasteiger partial charge on any atom is -0.344 e. The van der Waals surface area contributed by atoms with E-state index < -0.39 is 10.0 Å². The minimum atomic E-state index is -3.55. The Hall–Kier alpha value is -2.90. The molecule has 1 aliphatic heterocycles. The molecular weight excluding hydrogens is 422 g/mol. The van der Waals surface area contributed by atoms with E-state index in [4.69, 9.17) is 0 Å². The molecular formula is C25H29N3O3S. The zero-order chi connectivity index (χ0) is 22.7. The molecule has 32 heavy (non-hydrogen) atoms. The Bertz CT molecular complexity index is 1210. The van der Waals surface area contributed by atoms with Gasteiger partial charge in [0.15, 0.2) is 0 Å². The molecule has 1 fully saturated rings. The number of hydrogen-bond donors (Lipinski definition) is 1. The molecule has 0 radical (unpaired) electrons. The maximum atomic E-state index is 13.0. The first-order valence-corrected chi connectivity index (χ1v) is 12.4. The summed E-state index contributed by atoms with van der Waals surface area (Å²) in [5, 5.41) is 2.88. The number of nitrogens with zero attached hydrogens (tertiary/aromatic N) is 2. The monoisotopic (exact) mass is 451 g/mol. The van der Waals surface area contributed by atoms with Crippen LogP contribution in [0.25, 0.3) is 0 Å². The van der Waals surface area contributed by atoms with Crippen LogP contribution in [0.2, 0.25) is 0 Å². The van der Waals surface area contributed by atoms with Gasteiger partial charge in [-0.15, -0.1) is 0 Å². The van der Waals surface area contributed by atoms with Crippen LogP contribution in [0.3, 0.4) is 0 Å². The summed E-state index contributed by atoms with van der Waals surface area (Å²) in [7, 11) is -3.55. The molecule has 2 aromatic carbocycles. The van der Waals surface area contributed by atoms with E-state index in [1.54, 1.807) is 24.3 Å². The van der Waals surface area contributed by atoms with Crippen molar-refractivity contribution in [3.63, 3.8) is 0 Å². The lowest BCUT2D eigenvalue weighted by molar-refractivity contribution is 0.102. The van der Waals surface area contributed by atoms with Crippen LogP contribution >= 0.6 is 0 Å². The average molecular weight is 452 g/mol. The van der Waals surface area contributed by atoms with Crippen molar-refractivity contribution >= 4 is 21.6 Å². The summed E-state index contributed by atoms with van der Waals surface area (Å²) >= 11 is 0. The molecule has 2 heterocycles. The molecule has 4 rings (SSSR count). The molecule has 168 valence electrons. The highest BCUT2D eigenvalue weighted by Gasteiger charge is 2.26. The van der Waals surface area contributed by atoms with E-state index in [9.17, 15) is 13.2 Å². The van der Waals surface area contributed by atoms with Gasteiger partial charge in [0.05, 0.1) is 10.5 Å². The van der Waals surface area contributed by atoms with Crippen LogP contribution in [0.15, 0.2) is 65.6 Å². The van der Waals surface area contributed by atoms with E-state index in [1.165, 1.54) is 4.31 Å². The molecule has 0 bridgehead atoms. The van der Waals surface area contributed by atoms with Crippen molar-refractivity contribution in [3.8, 4) is 0 Å². The maximum Gasteiger partial charge on any atom is 0.257 e. The molecule has 1 aromatic heterocycles. The van der Waals surface area contributed by atoms with E-state index in [0.717, 1.165) is 36.2 Å². The second kappa shape index (κ2) is 9.30. The molecule has 1 amide bonds. The fourth-order valence-electron chi connectivity index (χ4n) is 4.23. The van der Waals surface area contributed by atoms with Crippen molar-refractivity contribution in [3.05, 3.63) is 83.2 Å². The highest BCUT2D eigenvalue weighted by atomic mass is 32.2. The lowest BCUT2D eigenvalue weighted by atomic mass is 10.2. The number of carbonyl (C=O) groups is 1. The summed E-state index contributed by atoms with van der Waals surface area (Å²) in [4.78, 5) is 13.2. The molecule has 0 atom stereocenters. The van der Waals surface area contributed by atoms with Gasteiger partial charge >= 0.3 is 0 Å². The number of sulfonamides is 1. The fourth-order valence-corrected chi connectivity index (χ4v) is 5.79. The molecule has 0 spiro atoms. The fraction of sp³-hybridized carbons (Fsp3) is 0.320. The number of benzene rings is 2. The number of aromatic nitrogens is 1. The first kappa shape index (κ1) is 22.3. The third-order valence-corrected chi connectivity index (χ3v) is 7.94. The van der Waals surface area contributed by atoms with Crippen LogP contribution in [0.1, 0.15) is 46.6 Å². The van der Waals surface area contributed by atoms with Gasteiger partial charge in [0.2, 0.25) is 10.0 Å². The quantitative estimate of drug-likeness (QED) is 0.596. The lowest BCUT2D eigenvalue weighted by Gasteiger charge is -2.26. The SMILES string of the molecule is Cc1cc(C(=O)Nc2cccc(S(=O)(=O)N3CCCCC3)c2)c(C)n1Cc1ccccc1. The summed E-state index contributed by atoms with van der Waals surface area (Å²) in [5.41, 5.74) is 4.10. The number of amides is 1. The second-order valence-electron chi connectivity index (χ2n) is 8.30. The molecule has 1 saturated heterocycles. The van der Waals surface area contributed by atoms with E-state index >= 15 is 0 Å². The van der Waals surface area contributed by atoms with E-state index in [2.05, 4.69) is 22.0 Å². The van der Waals surface area contributed by atoms with Gasteiger partial charge in [0.25, 0.3) is 5.91 Å². The van der Waals surface area contributed by atoms with Crippen molar-refractivity contribution in [2.24, 2.45) is 0 Å². The minimum absolute atomic E-state index is 0.215. The van der Waals surface area contributed by atoms with E-state index in [-0.39, 0.29) is 10.8 Å². The van der Waals surface area contributed by atoms with Gasteiger partial charge in [-0.2, -0.15) is 4.31 Å². The summed E-state index contributed by atoms with van der Waals surface area (Å²) in [5.74, 6) is -0.245. The van der Waals surface area contributed by atoms with Crippen molar-refractivity contribution in [2.75, 3.05) is 18.4 Å². The molecule has 0 aliphatic carbocycles. The Balaban J connectivity index is 1.53. The largest absolute Gasteiger partial charge is 0.344 e. The maximum absolute atomic E-state index is 13.0. The number of piperidine rings is 1. The van der Waals surface area contributed by atoms with Crippen LogP contribution in [-0.4, -0.2) is 36.3 Å². The van der Waals surface area contributed by atoms with Gasteiger partial charge in [-0.1, -0.05) is 42.8 Å². The Morgan fingerprint density at radius 3 is 2.38 bits per heavy atom. The molecule has 6 nitrogen and oxygen atoms in total. The van der Waals surface area contributed by atoms with Crippen LogP contribution in [0, 0.1) is 13.8 Å². The van der Waals surface area contributed by atoms with Crippen molar-refractivity contribution in [2.45, 2.75) is 44.6 Å². The van der Waals surface area contributed by atoms with Crippen LogP contribution < -0.4 is 5.32 Å². The van der Waals surface area contributed by atoms with Crippen molar-refractivity contribution < 1.29 is 13.2 Å². The Morgan fingerprint density at radius 1 is 0.938 bits per heavy atom. The van der Waals surface area contributed by atoms with Gasteiger partial charge in [-0.25, -0.2) is 8.42 Å². The van der Waals surface area contributed by atoms with Gasteiger partial charge < -0.3 is 9.88 Å². The molecule has 1 aliphatic rings. The highest BCUT2D eigenvalue weighted by molar-refractivity contribution is 7.89. The standard InChI is InChI=1S/C25H29N3O3S/c1-19-16-24(20(2)28(19)18-21-10-5-3-6-11-21)25(29)26-22-12-9-13-23(17-22)32(30,31)27-14-7-4-8-15-27/h3,5-6,9-13,16-17H,4,7-8,14-15,18H2,1-2H3,(H,26,29). The van der Waals surface area contributed by atoms with E-state index in [0.29, 0.717) is 30.9 Å². The lowest BCUT2D eigenvalue weighted by Crippen LogP contribution is -2.35. The molecule has 3 aromatic rings. The Morgan fingerprint density at radius 2 is 1.66 bits per heavy atom. The van der Waals surface area contributed by atoms with Crippen LogP contribution in [0.5, 0.6) is 0 Å². The third kappa shape index (κ3) is 4.64. The van der Waals surface area contributed by atoms with Gasteiger partial charge in [-0.3, -0.25) is 4.79 Å². The first-order chi connectivity index (χ1) is 15.4. The molecule has 1 N–H and O–H groups in total. The normalized spacial score (nSPS) is 14.9. The smallest absolute Gasteiger partial charge is 0.257 e. The summed E-state index contributed by atoms with van der Waals surface area (Å²) in [6.07, 6.45) is 2.83. The van der Waals surface area contributed by atoms with Gasteiger partial charge in [-0.05, 0) is 56.5 Å². The third-order valence-electron chi connectivity index (χ3n) is 6.05. The predicted molar refractivity (Wildman–Crippen MR) is 126 cm³/mol. The summed E-state index contributed by atoms with van der Waals surface area (Å²) < 4.78 is 29.6. The first-order valence-electron chi connectivity index (χ1n) is 11.0. The number of aryl methyl sites for hydroxylation is 1. The van der Waals surface area contributed by atoms with E-state index in [1.807, 2.05) is 38.1 Å².